The summed E-state index contributed by atoms with van der Waals surface area (Å²) >= 11 is 8.83. The molecule has 0 fully saturated rings. The largest absolute Gasteiger partial charge is 0.419 e. The second-order valence-electron chi connectivity index (χ2n) is 3.13. The first-order chi connectivity index (χ1) is 7.88. The Kier molecular flexibility index (Phi) is 3.13. The van der Waals surface area contributed by atoms with Crippen molar-refractivity contribution in [3.63, 3.8) is 0 Å². The SMILES string of the molecule is FC(F)(F)c1cnn(-c2ncc(Cl)cc2Br)c1. The molecule has 0 unspecified atom stereocenters. The van der Waals surface area contributed by atoms with Crippen molar-refractivity contribution in [2.45, 2.75) is 6.18 Å². The molecule has 0 bridgehead atoms. The van der Waals surface area contributed by atoms with E-state index in [2.05, 4.69) is 26.0 Å². The van der Waals surface area contributed by atoms with E-state index in [0.717, 1.165) is 17.1 Å². The lowest BCUT2D eigenvalue weighted by molar-refractivity contribution is -0.137. The molecule has 0 spiro atoms. The summed E-state index contributed by atoms with van der Waals surface area (Å²) in [6.45, 7) is 0. The van der Waals surface area contributed by atoms with Crippen molar-refractivity contribution >= 4 is 27.5 Å². The zero-order valence-electron chi connectivity index (χ0n) is 8.04. The van der Waals surface area contributed by atoms with Gasteiger partial charge in [0.25, 0.3) is 0 Å². The summed E-state index contributed by atoms with van der Waals surface area (Å²) in [6.07, 6.45) is -1.49. The van der Waals surface area contributed by atoms with Crippen molar-refractivity contribution < 1.29 is 13.2 Å². The van der Waals surface area contributed by atoms with Gasteiger partial charge in [0.1, 0.15) is 0 Å². The topological polar surface area (TPSA) is 30.7 Å². The molecule has 2 aromatic rings. The molecule has 90 valence electrons. The third kappa shape index (κ3) is 2.61. The Labute approximate surface area is 107 Å². The minimum absolute atomic E-state index is 0.241. The van der Waals surface area contributed by atoms with Crippen LogP contribution in [0.4, 0.5) is 13.2 Å². The van der Waals surface area contributed by atoms with Crippen molar-refractivity contribution in [3.8, 4) is 5.82 Å². The highest BCUT2D eigenvalue weighted by Crippen LogP contribution is 2.30. The third-order valence-corrected chi connectivity index (χ3v) is 2.71. The van der Waals surface area contributed by atoms with Crippen LogP contribution in [0.25, 0.3) is 5.82 Å². The molecule has 0 aliphatic rings. The minimum atomic E-state index is -4.42. The Balaban J connectivity index is 2.44. The van der Waals surface area contributed by atoms with Crippen molar-refractivity contribution in [2.75, 3.05) is 0 Å². The second kappa shape index (κ2) is 4.30. The number of hydrogen-bond donors (Lipinski definition) is 0. The zero-order chi connectivity index (χ0) is 12.6. The number of halogens is 5. The maximum Gasteiger partial charge on any atom is 0.419 e. The molecule has 0 atom stereocenters. The van der Waals surface area contributed by atoms with Gasteiger partial charge in [0.15, 0.2) is 5.82 Å². The lowest BCUT2D eigenvalue weighted by atomic mass is 10.3. The summed E-state index contributed by atoms with van der Waals surface area (Å²) in [4.78, 5) is 3.90. The standard InChI is InChI=1S/C9H4BrClF3N3/c10-7-1-6(11)3-15-8(7)17-4-5(2-16-17)9(12,13)14/h1-4H. The predicted octanol–water partition coefficient (Wildman–Crippen LogP) is 3.70. The Hall–Kier alpha value is -1.08. The van der Waals surface area contributed by atoms with Gasteiger partial charge in [-0.1, -0.05) is 11.6 Å². The van der Waals surface area contributed by atoms with E-state index in [1.165, 1.54) is 12.3 Å². The summed E-state index contributed by atoms with van der Waals surface area (Å²) in [6, 6.07) is 1.53. The van der Waals surface area contributed by atoms with E-state index in [9.17, 15) is 13.2 Å². The van der Waals surface area contributed by atoms with E-state index >= 15 is 0 Å². The molecule has 0 aliphatic carbocycles. The fourth-order valence-electron chi connectivity index (χ4n) is 1.16. The van der Waals surface area contributed by atoms with Gasteiger partial charge in [-0.15, -0.1) is 0 Å². The van der Waals surface area contributed by atoms with Crippen LogP contribution < -0.4 is 0 Å². The first-order valence-electron chi connectivity index (χ1n) is 4.31. The molecule has 0 N–H and O–H groups in total. The molecular formula is C9H4BrClF3N3. The van der Waals surface area contributed by atoms with E-state index in [4.69, 9.17) is 11.6 Å². The smallest absolute Gasteiger partial charge is 0.235 e. The Morgan fingerprint density at radius 1 is 1.29 bits per heavy atom. The average Bonchev–Trinajstić information content (AvgIpc) is 2.65. The van der Waals surface area contributed by atoms with E-state index < -0.39 is 11.7 Å². The Morgan fingerprint density at radius 3 is 2.53 bits per heavy atom. The molecule has 3 nitrogen and oxygen atoms in total. The van der Waals surface area contributed by atoms with Crippen molar-refractivity contribution in [1.82, 2.24) is 14.8 Å². The monoisotopic (exact) mass is 325 g/mol. The van der Waals surface area contributed by atoms with Gasteiger partial charge in [-0.25, -0.2) is 9.67 Å². The lowest BCUT2D eigenvalue weighted by Gasteiger charge is -2.03. The van der Waals surface area contributed by atoms with Crippen LogP contribution in [0, 0.1) is 0 Å². The van der Waals surface area contributed by atoms with Crippen LogP contribution in [0.5, 0.6) is 0 Å². The summed E-state index contributed by atoms with van der Waals surface area (Å²) in [5.41, 5.74) is -0.832. The van der Waals surface area contributed by atoms with Crippen LogP contribution in [0.3, 0.4) is 0 Å². The van der Waals surface area contributed by atoms with Crippen LogP contribution in [-0.2, 0) is 6.18 Å². The highest BCUT2D eigenvalue weighted by molar-refractivity contribution is 9.10. The van der Waals surface area contributed by atoms with E-state index in [0.29, 0.717) is 9.50 Å². The Bertz CT molecular complexity index is 553. The number of hydrogen-bond acceptors (Lipinski definition) is 2. The maximum atomic E-state index is 12.4. The van der Waals surface area contributed by atoms with Crippen LogP contribution in [0.2, 0.25) is 5.02 Å². The number of alkyl halides is 3. The number of nitrogens with zero attached hydrogens (tertiary/aromatic N) is 3. The van der Waals surface area contributed by atoms with Gasteiger partial charge in [-0.05, 0) is 22.0 Å². The molecular weight excluding hydrogens is 322 g/mol. The van der Waals surface area contributed by atoms with Gasteiger partial charge >= 0.3 is 6.18 Å². The molecule has 0 amide bonds. The molecule has 2 heterocycles. The van der Waals surface area contributed by atoms with Crippen molar-refractivity contribution in [1.29, 1.82) is 0 Å². The van der Waals surface area contributed by atoms with E-state index in [1.807, 2.05) is 0 Å². The molecule has 0 saturated heterocycles. The molecule has 2 aromatic heterocycles. The molecule has 0 radical (unpaired) electrons. The summed E-state index contributed by atoms with van der Waals surface area (Å²) in [5.74, 6) is 0.241. The second-order valence-corrected chi connectivity index (χ2v) is 4.42. The van der Waals surface area contributed by atoms with Crippen LogP contribution >= 0.6 is 27.5 Å². The van der Waals surface area contributed by atoms with E-state index in [1.54, 1.807) is 0 Å². The van der Waals surface area contributed by atoms with Crippen LogP contribution in [0.15, 0.2) is 29.1 Å². The highest BCUT2D eigenvalue weighted by Gasteiger charge is 2.32. The molecule has 17 heavy (non-hydrogen) atoms. The van der Waals surface area contributed by atoms with Gasteiger partial charge in [0.05, 0.1) is 21.3 Å². The quantitative estimate of drug-likeness (QED) is 0.800. The highest BCUT2D eigenvalue weighted by atomic mass is 79.9. The summed E-state index contributed by atoms with van der Waals surface area (Å²) in [7, 11) is 0. The van der Waals surface area contributed by atoms with Gasteiger partial charge < -0.3 is 0 Å². The summed E-state index contributed by atoms with van der Waals surface area (Å²) < 4.78 is 38.6. The first kappa shape index (κ1) is 12.4. The van der Waals surface area contributed by atoms with Gasteiger partial charge in [0, 0.05) is 12.4 Å². The Morgan fingerprint density at radius 2 is 2.00 bits per heavy atom. The number of rotatable bonds is 1. The van der Waals surface area contributed by atoms with E-state index in [-0.39, 0.29) is 5.82 Å². The van der Waals surface area contributed by atoms with Gasteiger partial charge in [-0.3, -0.25) is 0 Å². The fraction of sp³-hybridized carbons (Fsp3) is 0.111. The van der Waals surface area contributed by atoms with Gasteiger partial charge in [0.2, 0.25) is 0 Å². The fourth-order valence-corrected chi connectivity index (χ4v) is 1.98. The normalized spacial score (nSPS) is 11.8. The van der Waals surface area contributed by atoms with Crippen LogP contribution in [0.1, 0.15) is 5.56 Å². The average molecular weight is 327 g/mol. The van der Waals surface area contributed by atoms with Gasteiger partial charge in [-0.2, -0.15) is 18.3 Å². The number of pyridine rings is 1. The van der Waals surface area contributed by atoms with Crippen molar-refractivity contribution in [2.24, 2.45) is 0 Å². The first-order valence-corrected chi connectivity index (χ1v) is 5.48. The minimum Gasteiger partial charge on any atom is -0.235 e. The molecule has 0 aliphatic heterocycles. The molecule has 2 rings (SSSR count). The predicted molar refractivity (Wildman–Crippen MR) is 59.1 cm³/mol. The maximum absolute atomic E-state index is 12.4. The summed E-state index contributed by atoms with van der Waals surface area (Å²) in [5, 5.41) is 3.98. The molecule has 0 saturated carbocycles. The van der Waals surface area contributed by atoms with Crippen molar-refractivity contribution in [3.05, 3.63) is 39.7 Å². The lowest BCUT2D eigenvalue weighted by Crippen LogP contribution is -2.03. The molecule has 0 aromatic carbocycles. The molecule has 8 heteroatoms. The number of aromatic nitrogens is 3. The zero-order valence-corrected chi connectivity index (χ0v) is 10.4. The third-order valence-electron chi connectivity index (χ3n) is 1.92. The van der Waals surface area contributed by atoms with Crippen LogP contribution in [-0.4, -0.2) is 14.8 Å².